The largest absolute Gasteiger partial charge is 0.490 e. The van der Waals surface area contributed by atoms with Crippen molar-refractivity contribution in [1.29, 1.82) is 5.26 Å². The summed E-state index contributed by atoms with van der Waals surface area (Å²) >= 11 is 1.83. The van der Waals surface area contributed by atoms with Crippen molar-refractivity contribution < 1.29 is 9.47 Å². The molecule has 1 saturated heterocycles. The van der Waals surface area contributed by atoms with Crippen LogP contribution in [0.2, 0.25) is 0 Å². The van der Waals surface area contributed by atoms with E-state index in [9.17, 15) is 0 Å². The van der Waals surface area contributed by atoms with Gasteiger partial charge in [0.1, 0.15) is 10.6 Å². The molecule has 0 N–H and O–H groups in total. The number of nitrogens with zero attached hydrogens (tertiary/aromatic N) is 3. The van der Waals surface area contributed by atoms with Crippen molar-refractivity contribution in [2.24, 2.45) is 0 Å². The first-order valence-electron chi connectivity index (χ1n) is 11.1. The van der Waals surface area contributed by atoms with E-state index in [1.54, 1.807) is 0 Å². The Morgan fingerprint density at radius 3 is 2.83 bits per heavy atom. The van der Waals surface area contributed by atoms with Crippen molar-refractivity contribution in [1.82, 2.24) is 9.88 Å². The van der Waals surface area contributed by atoms with Crippen molar-refractivity contribution >= 4 is 21.6 Å². The van der Waals surface area contributed by atoms with Gasteiger partial charge in [0.25, 0.3) is 0 Å². The maximum atomic E-state index is 9.03. The molecule has 5 nitrogen and oxygen atoms in total. The third kappa shape index (κ3) is 3.88. The topological polar surface area (TPSA) is 58.4 Å². The standard InChI is InChI=1S/C23H29N3O2S/c24-10-1-2-16-3-8-20-21(16)22-19(9-11-25-23(22)29-20)28-18-6-4-17(5-7-18)26-12-14-27-15-13-26/h9,11,16-18H,1-8,12-15H2/t16-,17-,18-/m0/s1. The highest BCUT2D eigenvalue weighted by atomic mass is 32.1. The van der Waals surface area contributed by atoms with Gasteiger partial charge >= 0.3 is 0 Å². The van der Waals surface area contributed by atoms with Gasteiger partial charge in [0.15, 0.2) is 0 Å². The van der Waals surface area contributed by atoms with Crippen LogP contribution < -0.4 is 4.74 Å². The van der Waals surface area contributed by atoms with Crippen molar-refractivity contribution in [3.8, 4) is 11.8 Å². The Kier molecular flexibility index (Phi) is 5.72. The lowest BCUT2D eigenvalue weighted by molar-refractivity contribution is -0.000919. The predicted molar refractivity (Wildman–Crippen MR) is 115 cm³/mol. The average molecular weight is 412 g/mol. The normalized spacial score (nSPS) is 27.6. The van der Waals surface area contributed by atoms with Crippen LogP contribution >= 0.6 is 11.3 Å². The lowest BCUT2D eigenvalue weighted by Crippen LogP contribution is -2.46. The van der Waals surface area contributed by atoms with Crippen LogP contribution in [0.3, 0.4) is 0 Å². The lowest BCUT2D eigenvalue weighted by Gasteiger charge is -2.38. The molecule has 6 heteroatoms. The Bertz CT molecular complexity index is 891. The van der Waals surface area contributed by atoms with E-state index < -0.39 is 0 Å². The summed E-state index contributed by atoms with van der Waals surface area (Å²) in [6.45, 7) is 3.90. The summed E-state index contributed by atoms with van der Waals surface area (Å²) in [6.07, 6.45) is 10.7. The summed E-state index contributed by atoms with van der Waals surface area (Å²) in [5.41, 5.74) is 1.44. The zero-order chi connectivity index (χ0) is 19.6. The Balaban J connectivity index is 1.31. The van der Waals surface area contributed by atoms with Gasteiger partial charge in [-0.2, -0.15) is 5.26 Å². The van der Waals surface area contributed by atoms with Crippen LogP contribution in [0.4, 0.5) is 0 Å². The third-order valence-corrected chi connectivity index (χ3v) is 8.07. The first-order chi connectivity index (χ1) is 14.3. The molecule has 1 aliphatic heterocycles. The monoisotopic (exact) mass is 411 g/mol. The highest BCUT2D eigenvalue weighted by Crippen LogP contribution is 2.48. The van der Waals surface area contributed by atoms with E-state index in [1.165, 1.54) is 28.7 Å². The molecule has 0 amide bonds. The molecule has 0 unspecified atom stereocenters. The first-order valence-corrected chi connectivity index (χ1v) is 11.9. The molecule has 0 aromatic carbocycles. The first kappa shape index (κ1) is 19.3. The van der Waals surface area contributed by atoms with E-state index in [1.807, 2.05) is 17.5 Å². The lowest BCUT2D eigenvalue weighted by atomic mass is 9.91. The molecule has 0 radical (unpaired) electrons. The molecule has 1 saturated carbocycles. The second kappa shape index (κ2) is 8.59. The van der Waals surface area contributed by atoms with Gasteiger partial charge in [-0.1, -0.05) is 0 Å². The summed E-state index contributed by atoms with van der Waals surface area (Å²) in [4.78, 5) is 9.82. The summed E-state index contributed by atoms with van der Waals surface area (Å²) in [6, 6.07) is 5.07. The van der Waals surface area contributed by atoms with Crippen LogP contribution in [-0.2, 0) is 11.2 Å². The summed E-state index contributed by atoms with van der Waals surface area (Å²) in [5, 5.41) is 10.3. The van der Waals surface area contributed by atoms with Crippen molar-refractivity contribution in [2.45, 2.75) is 69.4 Å². The maximum absolute atomic E-state index is 9.03. The fraction of sp³-hybridized carbons (Fsp3) is 0.652. The number of hydrogen-bond donors (Lipinski definition) is 0. The fourth-order valence-corrected chi connectivity index (χ4v) is 6.66. The average Bonchev–Trinajstić information content (AvgIpc) is 3.33. The Hall–Kier alpha value is -1.68. The minimum absolute atomic E-state index is 0.299. The van der Waals surface area contributed by atoms with Crippen LogP contribution in [0, 0.1) is 11.3 Å². The van der Waals surface area contributed by atoms with E-state index in [0.717, 1.165) is 69.0 Å². The van der Waals surface area contributed by atoms with Gasteiger partial charge in [-0.05, 0) is 62.5 Å². The summed E-state index contributed by atoms with van der Waals surface area (Å²) in [5.74, 6) is 1.51. The zero-order valence-electron chi connectivity index (χ0n) is 16.9. The molecule has 2 aliphatic carbocycles. The second-order valence-electron chi connectivity index (χ2n) is 8.56. The van der Waals surface area contributed by atoms with Crippen LogP contribution in [0.1, 0.15) is 61.3 Å². The quantitative estimate of drug-likeness (QED) is 0.717. The van der Waals surface area contributed by atoms with Gasteiger partial charge in [-0.25, -0.2) is 4.98 Å². The minimum Gasteiger partial charge on any atom is -0.490 e. The van der Waals surface area contributed by atoms with Crippen molar-refractivity contribution in [3.05, 3.63) is 22.7 Å². The second-order valence-corrected chi connectivity index (χ2v) is 9.64. The number of pyridine rings is 1. The highest BCUT2D eigenvalue weighted by Gasteiger charge is 2.31. The molecule has 3 aliphatic rings. The molecular formula is C23H29N3O2S. The van der Waals surface area contributed by atoms with Gasteiger partial charge in [-0.15, -0.1) is 11.3 Å². The maximum Gasteiger partial charge on any atom is 0.131 e. The van der Waals surface area contributed by atoms with Crippen LogP contribution in [0.15, 0.2) is 12.3 Å². The SMILES string of the molecule is N#CCC[C@H]1CCc2sc3nccc(O[C@H]4CC[C@H](N5CCOCC5)CC4)c3c21. The number of hydrogen-bond acceptors (Lipinski definition) is 6. The molecule has 5 rings (SSSR count). The van der Waals surface area contributed by atoms with Crippen LogP contribution in [-0.4, -0.2) is 48.3 Å². The van der Waals surface area contributed by atoms with E-state index in [0.29, 0.717) is 24.5 Å². The van der Waals surface area contributed by atoms with Gasteiger partial charge in [0, 0.05) is 36.6 Å². The van der Waals surface area contributed by atoms with Crippen LogP contribution in [0.5, 0.6) is 5.75 Å². The Morgan fingerprint density at radius 2 is 2.03 bits per heavy atom. The molecule has 3 heterocycles. The minimum atomic E-state index is 0.299. The fourth-order valence-electron chi connectivity index (χ4n) is 5.41. The molecule has 1 atom stereocenters. The molecule has 0 bridgehead atoms. The molecule has 154 valence electrons. The van der Waals surface area contributed by atoms with Crippen molar-refractivity contribution in [3.63, 3.8) is 0 Å². The number of aromatic nitrogens is 1. The predicted octanol–water partition coefficient (Wildman–Crippen LogP) is 4.65. The molecule has 0 spiro atoms. The molecule has 29 heavy (non-hydrogen) atoms. The van der Waals surface area contributed by atoms with E-state index in [-0.39, 0.29) is 0 Å². The third-order valence-electron chi connectivity index (χ3n) is 6.90. The van der Waals surface area contributed by atoms with E-state index in [4.69, 9.17) is 14.7 Å². The molecule has 2 aromatic heterocycles. The number of aryl methyl sites for hydroxylation is 1. The van der Waals surface area contributed by atoms with Gasteiger partial charge in [-0.3, -0.25) is 4.90 Å². The zero-order valence-corrected chi connectivity index (χ0v) is 17.8. The van der Waals surface area contributed by atoms with Crippen LogP contribution in [0.25, 0.3) is 10.2 Å². The summed E-state index contributed by atoms with van der Waals surface area (Å²) in [7, 11) is 0. The summed E-state index contributed by atoms with van der Waals surface area (Å²) < 4.78 is 12.1. The number of nitriles is 1. The Labute approximate surface area is 176 Å². The van der Waals surface area contributed by atoms with Gasteiger partial charge in [0.2, 0.25) is 0 Å². The van der Waals surface area contributed by atoms with E-state index in [2.05, 4.69) is 22.0 Å². The molecular weight excluding hydrogens is 382 g/mol. The molecule has 2 fully saturated rings. The number of thiophene rings is 1. The van der Waals surface area contributed by atoms with Gasteiger partial charge in [0.05, 0.1) is 30.8 Å². The van der Waals surface area contributed by atoms with Crippen molar-refractivity contribution in [2.75, 3.05) is 26.3 Å². The highest BCUT2D eigenvalue weighted by molar-refractivity contribution is 7.19. The number of morpholine rings is 1. The number of ether oxygens (including phenoxy) is 2. The molecule has 2 aromatic rings. The number of rotatable bonds is 5. The number of fused-ring (bicyclic) bond motifs is 3. The smallest absolute Gasteiger partial charge is 0.131 e. The van der Waals surface area contributed by atoms with E-state index >= 15 is 0 Å². The van der Waals surface area contributed by atoms with Gasteiger partial charge < -0.3 is 9.47 Å². The Morgan fingerprint density at radius 1 is 1.21 bits per heavy atom.